The van der Waals surface area contributed by atoms with Gasteiger partial charge in [-0.05, 0) is 37.1 Å². The van der Waals surface area contributed by atoms with E-state index in [2.05, 4.69) is 0 Å². The van der Waals surface area contributed by atoms with Gasteiger partial charge in [-0.25, -0.2) is 4.79 Å². The van der Waals surface area contributed by atoms with E-state index < -0.39 is 35.2 Å². The van der Waals surface area contributed by atoms with Crippen molar-refractivity contribution in [3.63, 3.8) is 0 Å². The van der Waals surface area contributed by atoms with Gasteiger partial charge >= 0.3 is 11.9 Å². The average molecular weight is 418 g/mol. The number of carbonyl (C=O) groups is 3. The number of hydrogen-bond acceptors (Lipinski definition) is 8. The van der Waals surface area contributed by atoms with Crippen LogP contribution in [0.15, 0.2) is 35.1 Å². The van der Waals surface area contributed by atoms with Gasteiger partial charge < -0.3 is 29.9 Å². The minimum atomic E-state index is -2.01. The lowest BCUT2D eigenvalue weighted by molar-refractivity contribution is -0.146. The maximum atomic E-state index is 12.8. The Morgan fingerprint density at radius 2 is 2.00 bits per heavy atom. The molecule has 0 saturated carbocycles. The Morgan fingerprint density at radius 3 is 2.63 bits per heavy atom. The van der Waals surface area contributed by atoms with Crippen molar-refractivity contribution in [2.45, 2.75) is 44.8 Å². The first-order valence-corrected chi connectivity index (χ1v) is 9.28. The summed E-state index contributed by atoms with van der Waals surface area (Å²) < 4.78 is 10.8. The molecule has 1 aliphatic heterocycles. The molecule has 0 radical (unpaired) electrons. The Bertz CT molecular complexity index is 961. The molecular weight excluding hydrogens is 396 g/mol. The second kappa shape index (κ2) is 7.83. The third-order valence-corrected chi connectivity index (χ3v) is 5.23. The van der Waals surface area contributed by atoms with E-state index in [0.717, 1.165) is 6.07 Å². The number of esters is 1. The van der Waals surface area contributed by atoms with Crippen LogP contribution in [0, 0.1) is 6.92 Å². The summed E-state index contributed by atoms with van der Waals surface area (Å²) in [6.45, 7) is 2.63. The Kier molecular flexibility index (Phi) is 5.58. The van der Waals surface area contributed by atoms with Gasteiger partial charge in [0.05, 0.1) is 12.2 Å². The van der Waals surface area contributed by atoms with E-state index in [9.17, 15) is 29.7 Å². The summed E-state index contributed by atoms with van der Waals surface area (Å²) in [5, 5.41) is 39.1. The topological polar surface area (TPSA) is 151 Å². The molecule has 160 valence electrons. The summed E-state index contributed by atoms with van der Waals surface area (Å²) in [5.41, 5.74) is -1.18. The Hall–Kier alpha value is -3.33. The van der Waals surface area contributed by atoms with Crippen LogP contribution in [0.4, 0.5) is 0 Å². The molecule has 0 bridgehead atoms. The minimum absolute atomic E-state index is 0.0115. The van der Waals surface area contributed by atoms with E-state index in [4.69, 9.17) is 14.6 Å². The Labute approximate surface area is 171 Å². The fourth-order valence-corrected chi connectivity index (χ4v) is 3.56. The number of ketones is 1. The number of aromatic hydroxyl groups is 2. The maximum Gasteiger partial charge on any atom is 0.342 e. The fourth-order valence-electron chi connectivity index (χ4n) is 3.56. The highest BCUT2D eigenvalue weighted by Crippen LogP contribution is 2.37. The highest BCUT2D eigenvalue weighted by atomic mass is 16.6. The van der Waals surface area contributed by atoms with E-state index in [1.54, 1.807) is 6.08 Å². The fraction of sp³-hybridized carbons (Fsp3) is 0.381. The molecule has 30 heavy (non-hydrogen) atoms. The Morgan fingerprint density at radius 1 is 1.30 bits per heavy atom. The lowest BCUT2D eigenvalue weighted by Crippen LogP contribution is -2.53. The van der Waals surface area contributed by atoms with Crippen LogP contribution in [-0.4, -0.2) is 56.5 Å². The van der Waals surface area contributed by atoms with Crippen LogP contribution in [0.5, 0.6) is 11.5 Å². The molecule has 2 unspecified atom stereocenters. The lowest BCUT2D eigenvalue weighted by Gasteiger charge is -2.38. The van der Waals surface area contributed by atoms with Crippen molar-refractivity contribution in [1.82, 2.24) is 0 Å². The quantitative estimate of drug-likeness (QED) is 0.524. The molecule has 2 atom stereocenters. The number of aliphatic hydroxyl groups is 1. The van der Waals surface area contributed by atoms with Crippen LogP contribution in [0.3, 0.4) is 0 Å². The normalized spacial score (nSPS) is 23.4. The van der Waals surface area contributed by atoms with Crippen LogP contribution in [-0.2, 0) is 19.1 Å². The summed E-state index contributed by atoms with van der Waals surface area (Å²) in [6, 6.07) is 2.27. The van der Waals surface area contributed by atoms with E-state index >= 15 is 0 Å². The van der Waals surface area contributed by atoms with Gasteiger partial charge in [-0.1, -0.05) is 0 Å². The van der Waals surface area contributed by atoms with Crippen LogP contribution in [0.25, 0.3) is 0 Å². The third kappa shape index (κ3) is 4.02. The standard InChI is InChI=1S/C21H22O9/c1-10-5-12(22)8-15(23)18(10)20(27)30-16-7-11-6-13(3-4-17(24)25)29-9-14(11)19(26)21(16,2)28/h5-6,8,16,22-23,28H,3-4,7,9H2,1-2H3,(H,24,25). The first kappa shape index (κ1) is 21.4. The maximum absolute atomic E-state index is 12.8. The molecule has 0 spiro atoms. The second-order valence-electron chi connectivity index (χ2n) is 7.53. The van der Waals surface area contributed by atoms with Crippen LogP contribution < -0.4 is 0 Å². The molecule has 1 aliphatic carbocycles. The van der Waals surface area contributed by atoms with Gasteiger partial charge in [0.25, 0.3) is 0 Å². The van der Waals surface area contributed by atoms with Gasteiger partial charge in [-0.15, -0.1) is 0 Å². The van der Waals surface area contributed by atoms with Crippen molar-refractivity contribution in [3.8, 4) is 11.5 Å². The number of carboxylic acid groups (broad SMARTS) is 1. The van der Waals surface area contributed by atoms with Crippen LogP contribution in [0.2, 0.25) is 0 Å². The number of carboxylic acids is 1. The van der Waals surface area contributed by atoms with Gasteiger partial charge in [-0.3, -0.25) is 9.59 Å². The number of phenols is 2. The molecule has 2 aliphatic rings. The van der Waals surface area contributed by atoms with E-state index in [1.807, 2.05) is 0 Å². The summed E-state index contributed by atoms with van der Waals surface area (Å²) in [6.07, 6.45) is 0.315. The largest absolute Gasteiger partial charge is 0.508 e. The minimum Gasteiger partial charge on any atom is -0.508 e. The summed E-state index contributed by atoms with van der Waals surface area (Å²) >= 11 is 0. The zero-order chi connectivity index (χ0) is 22.2. The SMILES string of the molecule is Cc1cc(O)cc(O)c1C(=O)OC1CC2=C(COC(CCC(=O)O)=C2)C(=O)C1(C)O. The van der Waals surface area contributed by atoms with Crippen molar-refractivity contribution in [3.05, 3.63) is 46.2 Å². The van der Waals surface area contributed by atoms with Gasteiger partial charge in [0, 0.05) is 24.5 Å². The van der Waals surface area contributed by atoms with Crippen LogP contribution in [0.1, 0.15) is 42.1 Å². The molecule has 0 saturated heterocycles. The number of aryl methyl sites for hydroxylation is 1. The zero-order valence-electron chi connectivity index (χ0n) is 16.5. The molecule has 4 N–H and O–H groups in total. The predicted molar refractivity (Wildman–Crippen MR) is 102 cm³/mol. The third-order valence-electron chi connectivity index (χ3n) is 5.23. The van der Waals surface area contributed by atoms with Gasteiger partial charge in [0.2, 0.25) is 0 Å². The summed E-state index contributed by atoms with van der Waals surface area (Å²) in [7, 11) is 0. The molecule has 0 fully saturated rings. The van der Waals surface area contributed by atoms with Gasteiger partial charge in [-0.2, -0.15) is 0 Å². The van der Waals surface area contributed by atoms with Crippen molar-refractivity contribution >= 4 is 17.7 Å². The second-order valence-corrected chi connectivity index (χ2v) is 7.53. The number of rotatable bonds is 5. The van der Waals surface area contributed by atoms with Crippen molar-refractivity contribution in [1.29, 1.82) is 0 Å². The van der Waals surface area contributed by atoms with E-state index in [1.165, 1.54) is 19.9 Å². The average Bonchev–Trinajstić information content (AvgIpc) is 2.63. The van der Waals surface area contributed by atoms with E-state index in [0.29, 0.717) is 11.3 Å². The highest BCUT2D eigenvalue weighted by Gasteiger charge is 2.48. The number of aliphatic carboxylic acids is 1. The molecule has 1 aromatic carbocycles. The number of allylic oxidation sites excluding steroid dienone is 2. The van der Waals surface area contributed by atoms with Crippen molar-refractivity contribution in [2.75, 3.05) is 6.61 Å². The van der Waals surface area contributed by atoms with Gasteiger partial charge in [0.15, 0.2) is 11.4 Å². The molecular formula is C21H22O9. The van der Waals surface area contributed by atoms with Gasteiger partial charge in [0.1, 0.15) is 29.8 Å². The van der Waals surface area contributed by atoms with Crippen molar-refractivity contribution in [2.24, 2.45) is 0 Å². The number of ether oxygens (including phenoxy) is 2. The summed E-state index contributed by atoms with van der Waals surface area (Å²) in [4.78, 5) is 36.2. The molecule has 1 aromatic rings. The smallest absolute Gasteiger partial charge is 0.342 e. The first-order valence-electron chi connectivity index (χ1n) is 9.28. The summed E-state index contributed by atoms with van der Waals surface area (Å²) in [5.74, 6) is -2.91. The molecule has 9 heteroatoms. The number of benzene rings is 1. The molecule has 0 amide bonds. The highest BCUT2D eigenvalue weighted by molar-refractivity contribution is 6.05. The Balaban J connectivity index is 1.86. The molecule has 1 heterocycles. The predicted octanol–water partition coefficient (Wildman–Crippen LogP) is 1.73. The monoisotopic (exact) mass is 418 g/mol. The molecule has 0 aromatic heterocycles. The van der Waals surface area contributed by atoms with Crippen molar-refractivity contribution < 1.29 is 44.3 Å². The van der Waals surface area contributed by atoms with E-state index in [-0.39, 0.29) is 48.3 Å². The number of phenolic OH excluding ortho intramolecular Hbond substituents is 2. The number of Topliss-reactive ketones (excluding diaryl/α,β-unsaturated/α-hetero) is 1. The zero-order valence-corrected chi connectivity index (χ0v) is 16.5. The van der Waals surface area contributed by atoms with Crippen LogP contribution >= 0.6 is 0 Å². The molecule has 3 rings (SSSR count). The lowest BCUT2D eigenvalue weighted by atomic mass is 9.77. The first-order chi connectivity index (χ1) is 14.0. The number of carbonyl (C=O) groups excluding carboxylic acids is 2. The number of hydrogen-bond donors (Lipinski definition) is 4. The molecule has 9 nitrogen and oxygen atoms in total.